The zero-order chi connectivity index (χ0) is 16.2. The number of piperazine rings is 1. The molecule has 2 amide bonds. The molecular formula is C13H20F3N3O3. The number of hydrogen-bond donors (Lipinski definition) is 1. The van der Waals surface area contributed by atoms with Gasteiger partial charge in [-0.3, -0.25) is 9.59 Å². The number of amides is 2. The minimum atomic E-state index is -4.43. The maximum atomic E-state index is 12.0. The largest absolute Gasteiger partial charge is 0.411 e. The Bertz CT molecular complexity index is 417. The van der Waals surface area contributed by atoms with Gasteiger partial charge in [0.2, 0.25) is 11.8 Å². The van der Waals surface area contributed by atoms with E-state index in [9.17, 15) is 22.8 Å². The van der Waals surface area contributed by atoms with Crippen LogP contribution < -0.4 is 5.32 Å². The number of carbonyl (C=O) groups excluding carboxylic acids is 2. The number of piperidine rings is 1. The average molecular weight is 323 g/mol. The molecule has 2 aliphatic rings. The Balaban J connectivity index is 1.82. The number of alkyl halides is 3. The molecular weight excluding hydrogens is 303 g/mol. The third-order valence-corrected chi connectivity index (χ3v) is 3.81. The van der Waals surface area contributed by atoms with Gasteiger partial charge in [-0.2, -0.15) is 13.2 Å². The fourth-order valence-corrected chi connectivity index (χ4v) is 2.79. The first-order valence-corrected chi connectivity index (χ1v) is 7.29. The van der Waals surface area contributed by atoms with E-state index >= 15 is 0 Å². The molecule has 0 aromatic heterocycles. The smallest absolute Gasteiger partial charge is 0.362 e. The van der Waals surface area contributed by atoms with Crippen LogP contribution in [0.25, 0.3) is 0 Å². The van der Waals surface area contributed by atoms with E-state index in [0.29, 0.717) is 32.7 Å². The lowest BCUT2D eigenvalue weighted by molar-refractivity contribution is -0.178. The fraction of sp³-hybridized carbons (Fsp3) is 0.846. The first-order chi connectivity index (χ1) is 10.4. The molecule has 1 N–H and O–H groups in total. The van der Waals surface area contributed by atoms with Crippen molar-refractivity contribution in [1.29, 1.82) is 0 Å². The van der Waals surface area contributed by atoms with Crippen molar-refractivity contribution in [2.24, 2.45) is 0 Å². The molecule has 2 rings (SSSR count). The maximum absolute atomic E-state index is 12.0. The molecule has 9 heteroatoms. The van der Waals surface area contributed by atoms with Crippen LogP contribution in [0.4, 0.5) is 13.2 Å². The Morgan fingerprint density at radius 2 is 2.14 bits per heavy atom. The van der Waals surface area contributed by atoms with Crippen LogP contribution in [0.3, 0.4) is 0 Å². The average Bonchev–Trinajstić information content (AvgIpc) is 2.46. The van der Waals surface area contributed by atoms with Gasteiger partial charge in [-0.05, 0) is 12.8 Å². The van der Waals surface area contributed by atoms with E-state index in [-0.39, 0.29) is 11.9 Å². The summed E-state index contributed by atoms with van der Waals surface area (Å²) < 4.78 is 40.4. The zero-order valence-electron chi connectivity index (χ0n) is 12.2. The van der Waals surface area contributed by atoms with Gasteiger partial charge < -0.3 is 19.9 Å². The summed E-state index contributed by atoms with van der Waals surface area (Å²) in [7, 11) is 0. The maximum Gasteiger partial charge on any atom is 0.411 e. The quantitative estimate of drug-likeness (QED) is 0.790. The van der Waals surface area contributed by atoms with Crippen LogP contribution in [0.15, 0.2) is 0 Å². The van der Waals surface area contributed by atoms with Crippen molar-refractivity contribution in [3.8, 4) is 0 Å². The first kappa shape index (κ1) is 17.0. The molecule has 0 spiro atoms. The van der Waals surface area contributed by atoms with Crippen molar-refractivity contribution in [1.82, 2.24) is 15.1 Å². The second kappa shape index (κ2) is 7.28. The summed E-state index contributed by atoms with van der Waals surface area (Å²) in [4.78, 5) is 27.0. The highest BCUT2D eigenvalue weighted by atomic mass is 19.4. The molecule has 2 saturated heterocycles. The molecule has 22 heavy (non-hydrogen) atoms. The van der Waals surface area contributed by atoms with E-state index in [1.807, 2.05) is 0 Å². The molecule has 126 valence electrons. The number of nitrogens with zero attached hydrogens (tertiary/aromatic N) is 2. The molecule has 6 nitrogen and oxygen atoms in total. The van der Waals surface area contributed by atoms with E-state index in [1.54, 1.807) is 4.90 Å². The minimum absolute atomic E-state index is 0.00105. The topological polar surface area (TPSA) is 61.9 Å². The molecule has 0 aliphatic carbocycles. The Hall–Kier alpha value is -1.35. The van der Waals surface area contributed by atoms with Crippen molar-refractivity contribution in [3.05, 3.63) is 0 Å². The number of rotatable bonds is 4. The summed E-state index contributed by atoms with van der Waals surface area (Å²) in [5.74, 6) is -0.463. The van der Waals surface area contributed by atoms with Crippen molar-refractivity contribution >= 4 is 11.8 Å². The molecule has 0 radical (unpaired) electrons. The van der Waals surface area contributed by atoms with Crippen molar-refractivity contribution in [2.75, 3.05) is 45.9 Å². The highest BCUT2D eigenvalue weighted by Gasteiger charge is 2.32. The molecule has 1 unspecified atom stereocenters. The van der Waals surface area contributed by atoms with Crippen LogP contribution in [0, 0.1) is 0 Å². The van der Waals surface area contributed by atoms with E-state index in [0.717, 1.165) is 12.8 Å². The number of carbonyl (C=O) groups is 2. The molecule has 1 atom stereocenters. The highest BCUT2D eigenvalue weighted by molar-refractivity contribution is 5.80. The molecule has 0 aromatic rings. The third-order valence-electron chi connectivity index (χ3n) is 3.81. The van der Waals surface area contributed by atoms with Gasteiger partial charge in [-0.25, -0.2) is 0 Å². The second-order valence-electron chi connectivity index (χ2n) is 5.51. The summed E-state index contributed by atoms with van der Waals surface area (Å²) in [5.41, 5.74) is 0. The second-order valence-corrected chi connectivity index (χ2v) is 5.51. The van der Waals surface area contributed by atoms with E-state index < -0.39 is 25.3 Å². The molecule has 0 aromatic carbocycles. The Kier molecular flexibility index (Phi) is 5.63. The standard InChI is InChI=1S/C13H20F3N3O3/c14-13(15,16)9-22-8-12(21)18-4-1-2-10(7-18)19-5-3-17-6-11(19)20/h10,17H,1-9H2. The van der Waals surface area contributed by atoms with Crippen LogP contribution in [0.1, 0.15) is 12.8 Å². The number of likely N-dealkylation sites (tertiary alicyclic amines) is 1. The predicted molar refractivity (Wildman–Crippen MR) is 71.1 cm³/mol. The highest BCUT2D eigenvalue weighted by Crippen LogP contribution is 2.18. The Labute approximate surface area is 126 Å². The van der Waals surface area contributed by atoms with Crippen molar-refractivity contribution in [2.45, 2.75) is 25.1 Å². The SMILES string of the molecule is O=C(COCC(F)(F)F)N1CCCC(N2CCNCC2=O)C1. The first-order valence-electron chi connectivity index (χ1n) is 7.29. The molecule has 2 aliphatic heterocycles. The lowest BCUT2D eigenvalue weighted by Crippen LogP contribution is -2.57. The van der Waals surface area contributed by atoms with Gasteiger partial charge in [0.1, 0.15) is 13.2 Å². The van der Waals surface area contributed by atoms with Gasteiger partial charge in [-0.1, -0.05) is 0 Å². The van der Waals surface area contributed by atoms with Gasteiger partial charge in [-0.15, -0.1) is 0 Å². The molecule has 0 bridgehead atoms. The van der Waals surface area contributed by atoms with E-state index in [1.165, 1.54) is 4.90 Å². The Morgan fingerprint density at radius 3 is 2.82 bits per heavy atom. The van der Waals surface area contributed by atoms with Gasteiger partial charge in [0.15, 0.2) is 0 Å². The predicted octanol–water partition coefficient (Wildman–Crippen LogP) is -0.0119. The normalized spacial score (nSPS) is 23.8. The number of hydrogen-bond acceptors (Lipinski definition) is 4. The van der Waals surface area contributed by atoms with E-state index in [2.05, 4.69) is 10.1 Å². The summed E-state index contributed by atoms with van der Waals surface area (Å²) in [6.07, 6.45) is -2.90. The monoisotopic (exact) mass is 323 g/mol. The van der Waals surface area contributed by atoms with Crippen LogP contribution in [-0.2, 0) is 14.3 Å². The van der Waals surface area contributed by atoms with Crippen LogP contribution >= 0.6 is 0 Å². The lowest BCUT2D eigenvalue weighted by Gasteiger charge is -2.41. The van der Waals surface area contributed by atoms with Crippen molar-refractivity contribution in [3.63, 3.8) is 0 Å². The van der Waals surface area contributed by atoms with Gasteiger partial charge in [0.05, 0.1) is 6.54 Å². The lowest BCUT2D eigenvalue weighted by atomic mass is 10.0. The summed E-state index contributed by atoms with van der Waals surface area (Å²) in [5, 5.41) is 2.98. The van der Waals surface area contributed by atoms with Gasteiger partial charge in [0.25, 0.3) is 0 Å². The molecule has 2 heterocycles. The summed E-state index contributed by atoms with van der Waals surface area (Å²) in [6.45, 7) is 0.444. The Morgan fingerprint density at radius 1 is 1.36 bits per heavy atom. The number of nitrogens with one attached hydrogen (secondary N) is 1. The molecule has 0 saturated carbocycles. The number of halogens is 3. The summed E-state index contributed by atoms with van der Waals surface area (Å²) >= 11 is 0. The van der Waals surface area contributed by atoms with Crippen LogP contribution in [-0.4, -0.2) is 79.8 Å². The molecule has 2 fully saturated rings. The fourth-order valence-electron chi connectivity index (χ4n) is 2.79. The summed E-state index contributed by atoms with van der Waals surface area (Å²) in [6, 6.07) is -0.0603. The van der Waals surface area contributed by atoms with Gasteiger partial charge >= 0.3 is 6.18 Å². The van der Waals surface area contributed by atoms with E-state index in [4.69, 9.17) is 0 Å². The minimum Gasteiger partial charge on any atom is -0.362 e. The van der Waals surface area contributed by atoms with Crippen molar-refractivity contribution < 1.29 is 27.5 Å². The number of ether oxygens (including phenoxy) is 1. The zero-order valence-corrected chi connectivity index (χ0v) is 12.2. The third kappa shape index (κ3) is 4.84. The van der Waals surface area contributed by atoms with Crippen LogP contribution in [0.5, 0.6) is 0 Å². The van der Waals surface area contributed by atoms with Crippen LogP contribution in [0.2, 0.25) is 0 Å². The van der Waals surface area contributed by atoms with Gasteiger partial charge in [0, 0.05) is 32.2 Å².